The molecule has 1 aliphatic rings. The average molecular weight is 396 g/mol. The van der Waals surface area contributed by atoms with E-state index in [0.29, 0.717) is 0 Å². The number of carboxylic acid groups (broad SMARTS) is 1. The summed E-state index contributed by atoms with van der Waals surface area (Å²) in [7, 11) is 0. The standard InChI is InChI=1S/C20H14ClN3O4/c21-17-18(22-9-16(23-17)19(25)26)24-20(27)28-10-15-13-7-3-1-5-11(13)12-6-2-4-8-14(12)15/h1-9,15H,10H2,(H,25,26)(H,22,24,27). The fourth-order valence-electron chi connectivity index (χ4n) is 3.28. The zero-order valence-corrected chi connectivity index (χ0v) is 15.2. The molecule has 2 N–H and O–H groups in total. The maximum atomic E-state index is 12.2. The van der Waals surface area contributed by atoms with Gasteiger partial charge >= 0.3 is 12.1 Å². The van der Waals surface area contributed by atoms with Crippen molar-refractivity contribution >= 4 is 29.5 Å². The lowest BCUT2D eigenvalue weighted by Gasteiger charge is -2.14. The van der Waals surface area contributed by atoms with E-state index in [2.05, 4.69) is 15.3 Å². The van der Waals surface area contributed by atoms with E-state index in [-0.39, 0.29) is 29.2 Å². The summed E-state index contributed by atoms with van der Waals surface area (Å²) < 4.78 is 5.38. The molecule has 4 rings (SSSR count). The van der Waals surface area contributed by atoms with Crippen LogP contribution in [-0.4, -0.2) is 33.7 Å². The van der Waals surface area contributed by atoms with Gasteiger partial charge in [0.2, 0.25) is 0 Å². The highest BCUT2D eigenvalue weighted by atomic mass is 35.5. The van der Waals surface area contributed by atoms with Crippen molar-refractivity contribution in [3.05, 3.63) is 76.7 Å². The monoisotopic (exact) mass is 395 g/mol. The third-order valence-corrected chi connectivity index (χ3v) is 4.78. The molecule has 0 radical (unpaired) electrons. The van der Waals surface area contributed by atoms with Gasteiger partial charge in [0, 0.05) is 5.92 Å². The van der Waals surface area contributed by atoms with Crippen molar-refractivity contribution in [3.8, 4) is 11.1 Å². The summed E-state index contributed by atoms with van der Waals surface area (Å²) in [5.74, 6) is -1.40. The van der Waals surface area contributed by atoms with Crippen LogP contribution in [0.25, 0.3) is 11.1 Å². The summed E-state index contributed by atoms with van der Waals surface area (Å²) in [5, 5.41) is 11.0. The fraction of sp³-hybridized carbons (Fsp3) is 0.100. The number of carbonyl (C=O) groups is 2. The topological polar surface area (TPSA) is 101 Å². The average Bonchev–Trinajstić information content (AvgIpc) is 3.02. The largest absolute Gasteiger partial charge is 0.476 e. The summed E-state index contributed by atoms with van der Waals surface area (Å²) in [5.41, 5.74) is 4.14. The molecule has 3 aromatic rings. The molecular weight excluding hydrogens is 382 g/mol. The quantitative estimate of drug-likeness (QED) is 0.686. The van der Waals surface area contributed by atoms with Gasteiger partial charge in [-0.1, -0.05) is 60.1 Å². The van der Waals surface area contributed by atoms with Crippen LogP contribution in [0, 0.1) is 0 Å². The second-order valence-corrected chi connectivity index (χ2v) is 6.51. The molecular formula is C20H14ClN3O4. The van der Waals surface area contributed by atoms with Crippen molar-refractivity contribution in [2.75, 3.05) is 11.9 Å². The maximum absolute atomic E-state index is 12.2. The summed E-state index contributed by atoms with van der Waals surface area (Å²) in [6.07, 6.45) is 0.258. The third kappa shape index (κ3) is 3.27. The van der Waals surface area contributed by atoms with Crippen LogP contribution in [0.1, 0.15) is 27.5 Å². The van der Waals surface area contributed by atoms with Crippen LogP contribution in [0.4, 0.5) is 10.6 Å². The molecule has 1 aliphatic carbocycles. The first-order valence-electron chi connectivity index (χ1n) is 8.42. The molecule has 1 amide bonds. The van der Waals surface area contributed by atoms with Crippen molar-refractivity contribution < 1.29 is 19.4 Å². The molecule has 8 heteroatoms. The Bertz CT molecular complexity index is 1040. The number of anilines is 1. The normalized spacial score (nSPS) is 12.2. The SMILES string of the molecule is O=C(Nc1ncc(C(=O)O)nc1Cl)OCC1c2ccccc2-c2ccccc21. The minimum absolute atomic E-state index is 0.0658. The van der Waals surface area contributed by atoms with Gasteiger partial charge in [-0.05, 0) is 22.3 Å². The molecule has 0 fully saturated rings. The second-order valence-electron chi connectivity index (χ2n) is 6.15. The summed E-state index contributed by atoms with van der Waals surface area (Å²) >= 11 is 5.87. The minimum Gasteiger partial charge on any atom is -0.476 e. The molecule has 0 spiro atoms. The highest BCUT2D eigenvalue weighted by Gasteiger charge is 2.29. The Morgan fingerprint density at radius 1 is 1.07 bits per heavy atom. The highest BCUT2D eigenvalue weighted by molar-refractivity contribution is 6.32. The molecule has 28 heavy (non-hydrogen) atoms. The number of amides is 1. The van der Waals surface area contributed by atoms with Crippen LogP contribution >= 0.6 is 11.6 Å². The Labute approximate surface area is 165 Å². The number of nitrogens with one attached hydrogen (secondary N) is 1. The second kappa shape index (κ2) is 7.28. The Balaban J connectivity index is 1.48. The van der Waals surface area contributed by atoms with Gasteiger partial charge < -0.3 is 9.84 Å². The van der Waals surface area contributed by atoms with Crippen LogP contribution in [0.15, 0.2) is 54.7 Å². The molecule has 0 bridgehead atoms. The number of benzene rings is 2. The van der Waals surface area contributed by atoms with E-state index in [1.165, 1.54) is 0 Å². The smallest absolute Gasteiger partial charge is 0.412 e. The first kappa shape index (κ1) is 17.9. The lowest BCUT2D eigenvalue weighted by molar-refractivity contribution is 0.0690. The van der Waals surface area contributed by atoms with E-state index in [4.69, 9.17) is 21.4 Å². The van der Waals surface area contributed by atoms with Crippen LogP contribution in [0.2, 0.25) is 5.15 Å². The van der Waals surface area contributed by atoms with E-state index in [1.54, 1.807) is 0 Å². The first-order chi connectivity index (χ1) is 13.5. The number of ether oxygens (including phenoxy) is 1. The van der Waals surface area contributed by atoms with Gasteiger partial charge in [0.25, 0.3) is 0 Å². The van der Waals surface area contributed by atoms with Gasteiger partial charge in [0.05, 0.1) is 6.20 Å². The van der Waals surface area contributed by atoms with Crippen LogP contribution in [-0.2, 0) is 4.74 Å². The molecule has 1 aromatic heterocycles. The molecule has 7 nitrogen and oxygen atoms in total. The number of aromatic carboxylic acids is 1. The molecule has 1 heterocycles. The highest BCUT2D eigenvalue weighted by Crippen LogP contribution is 2.44. The summed E-state index contributed by atoms with van der Waals surface area (Å²) in [6, 6.07) is 16.0. The van der Waals surface area contributed by atoms with E-state index in [0.717, 1.165) is 28.5 Å². The predicted molar refractivity (Wildman–Crippen MR) is 103 cm³/mol. The van der Waals surface area contributed by atoms with E-state index in [9.17, 15) is 9.59 Å². The van der Waals surface area contributed by atoms with Gasteiger partial charge in [0.1, 0.15) is 6.61 Å². The number of hydrogen-bond donors (Lipinski definition) is 2. The lowest BCUT2D eigenvalue weighted by atomic mass is 9.98. The number of nitrogens with zero attached hydrogens (tertiary/aromatic N) is 2. The van der Waals surface area contributed by atoms with E-state index < -0.39 is 12.1 Å². The van der Waals surface area contributed by atoms with Crippen molar-refractivity contribution in [3.63, 3.8) is 0 Å². The van der Waals surface area contributed by atoms with Crippen LogP contribution < -0.4 is 5.32 Å². The van der Waals surface area contributed by atoms with E-state index in [1.807, 2.05) is 48.5 Å². The molecule has 0 aliphatic heterocycles. The number of hydrogen-bond acceptors (Lipinski definition) is 5. The number of carboxylic acids is 1. The molecule has 0 atom stereocenters. The van der Waals surface area contributed by atoms with E-state index >= 15 is 0 Å². The van der Waals surface area contributed by atoms with Crippen LogP contribution in [0.3, 0.4) is 0 Å². The van der Waals surface area contributed by atoms with Gasteiger partial charge in [-0.3, -0.25) is 5.32 Å². The number of carbonyl (C=O) groups excluding carboxylic acids is 1. The molecule has 140 valence electrons. The van der Waals surface area contributed by atoms with Crippen LogP contribution in [0.5, 0.6) is 0 Å². The fourth-order valence-corrected chi connectivity index (χ4v) is 3.47. The number of halogens is 1. The van der Waals surface area contributed by atoms with Gasteiger partial charge in [-0.2, -0.15) is 0 Å². The van der Waals surface area contributed by atoms with Crippen molar-refractivity contribution in [1.29, 1.82) is 0 Å². The van der Waals surface area contributed by atoms with Crippen molar-refractivity contribution in [1.82, 2.24) is 9.97 Å². The Morgan fingerprint density at radius 2 is 1.68 bits per heavy atom. The van der Waals surface area contributed by atoms with Crippen molar-refractivity contribution in [2.45, 2.75) is 5.92 Å². The maximum Gasteiger partial charge on any atom is 0.412 e. The zero-order chi connectivity index (χ0) is 19.7. The lowest BCUT2D eigenvalue weighted by Crippen LogP contribution is -2.19. The summed E-state index contributed by atoms with van der Waals surface area (Å²) in [6.45, 7) is 0.137. The number of aromatic nitrogens is 2. The molecule has 2 aromatic carbocycles. The predicted octanol–water partition coefficient (Wildman–Crippen LogP) is 4.19. The van der Waals surface area contributed by atoms with Gasteiger partial charge in [-0.25, -0.2) is 19.6 Å². The Morgan fingerprint density at radius 3 is 2.25 bits per heavy atom. The summed E-state index contributed by atoms with van der Waals surface area (Å²) in [4.78, 5) is 30.5. The molecule has 0 saturated heterocycles. The minimum atomic E-state index is -1.26. The van der Waals surface area contributed by atoms with Crippen molar-refractivity contribution in [2.24, 2.45) is 0 Å². The molecule has 0 saturated carbocycles. The van der Waals surface area contributed by atoms with Gasteiger partial charge in [0.15, 0.2) is 16.7 Å². The Hall–Kier alpha value is -3.45. The third-order valence-electron chi connectivity index (χ3n) is 4.51. The first-order valence-corrected chi connectivity index (χ1v) is 8.80. The molecule has 0 unspecified atom stereocenters. The number of rotatable bonds is 4. The van der Waals surface area contributed by atoms with Gasteiger partial charge in [-0.15, -0.1) is 0 Å². The Kier molecular flexibility index (Phi) is 4.67. The zero-order valence-electron chi connectivity index (χ0n) is 14.4. The number of fused-ring (bicyclic) bond motifs is 3.